The fourth-order valence-electron chi connectivity index (χ4n) is 3.02. The quantitative estimate of drug-likeness (QED) is 0.706. The zero-order valence-corrected chi connectivity index (χ0v) is 17.2. The van der Waals surface area contributed by atoms with E-state index < -0.39 is 16.1 Å². The van der Waals surface area contributed by atoms with Gasteiger partial charge in [0.05, 0.1) is 11.9 Å². The van der Waals surface area contributed by atoms with Crippen LogP contribution in [-0.2, 0) is 21.2 Å². The van der Waals surface area contributed by atoms with Gasteiger partial charge in [-0.05, 0) is 51.3 Å². The van der Waals surface area contributed by atoms with E-state index in [1.54, 1.807) is 19.1 Å². The van der Waals surface area contributed by atoms with E-state index in [4.69, 9.17) is 0 Å². The minimum atomic E-state index is -3.58. The number of aryl methyl sites for hydroxylation is 3. The summed E-state index contributed by atoms with van der Waals surface area (Å²) >= 11 is 0. The standard InChI is InChI=1S/C21H28N2O3S/c1-16-10-12-20(13-11-16)23(27(4,25)26)18(3)21(24)22-14-6-9-19-8-5-7-17(2)15-19/h5,7-8,10-13,15,18H,6,9,14H2,1-4H3,(H,22,24)/t18-/m0/s1. The van der Waals surface area contributed by atoms with Gasteiger partial charge in [0, 0.05) is 6.54 Å². The third kappa shape index (κ3) is 6.10. The fraction of sp³-hybridized carbons (Fsp3) is 0.381. The van der Waals surface area contributed by atoms with Gasteiger partial charge in [0.25, 0.3) is 0 Å². The highest BCUT2D eigenvalue weighted by atomic mass is 32.2. The topological polar surface area (TPSA) is 66.5 Å². The van der Waals surface area contributed by atoms with Crippen molar-refractivity contribution in [2.45, 2.75) is 39.7 Å². The Morgan fingerprint density at radius 2 is 1.74 bits per heavy atom. The van der Waals surface area contributed by atoms with Crippen molar-refractivity contribution in [1.82, 2.24) is 5.32 Å². The summed E-state index contributed by atoms with van der Waals surface area (Å²) in [6.07, 6.45) is 2.78. The summed E-state index contributed by atoms with van der Waals surface area (Å²) < 4.78 is 25.7. The summed E-state index contributed by atoms with van der Waals surface area (Å²) in [5, 5.41) is 2.86. The number of hydrogen-bond donors (Lipinski definition) is 1. The Morgan fingerprint density at radius 1 is 1.07 bits per heavy atom. The van der Waals surface area contributed by atoms with Crippen LogP contribution in [0.15, 0.2) is 48.5 Å². The first kappa shape index (κ1) is 21.0. The lowest BCUT2D eigenvalue weighted by atomic mass is 10.1. The van der Waals surface area contributed by atoms with Crippen LogP contribution in [0.5, 0.6) is 0 Å². The van der Waals surface area contributed by atoms with E-state index in [0.29, 0.717) is 12.2 Å². The molecule has 0 bridgehead atoms. The van der Waals surface area contributed by atoms with Gasteiger partial charge in [0.2, 0.25) is 15.9 Å². The van der Waals surface area contributed by atoms with Crippen LogP contribution in [0.3, 0.4) is 0 Å². The van der Waals surface area contributed by atoms with Gasteiger partial charge in [-0.3, -0.25) is 9.10 Å². The number of hydrogen-bond acceptors (Lipinski definition) is 3. The second-order valence-corrected chi connectivity index (χ2v) is 8.81. The second-order valence-electron chi connectivity index (χ2n) is 6.95. The molecule has 0 spiro atoms. The molecule has 0 aromatic heterocycles. The van der Waals surface area contributed by atoms with Gasteiger partial charge in [0.1, 0.15) is 6.04 Å². The molecular weight excluding hydrogens is 360 g/mol. The molecule has 0 unspecified atom stereocenters. The molecule has 2 rings (SSSR count). The largest absolute Gasteiger partial charge is 0.354 e. The number of carbonyl (C=O) groups is 1. The average molecular weight is 389 g/mol. The molecule has 0 radical (unpaired) electrons. The highest BCUT2D eigenvalue weighted by Crippen LogP contribution is 2.21. The zero-order chi connectivity index (χ0) is 20.0. The van der Waals surface area contributed by atoms with Crippen LogP contribution in [0.1, 0.15) is 30.0 Å². The third-order valence-electron chi connectivity index (χ3n) is 4.40. The minimum Gasteiger partial charge on any atom is -0.354 e. The molecule has 146 valence electrons. The lowest BCUT2D eigenvalue weighted by Crippen LogP contribution is -2.48. The van der Waals surface area contributed by atoms with Crippen LogP contribution in [0, 0.1) is 13.8 Å². The predicted octanol–water partition coefficient (Wildman–Crippen LogP) is 3.21. The summed E-state index contributed by atoms with van der Waals surface area (Å²) in [7, 11) is -3.58. The highest BCUT2D eigenvalue weighted by Gasteiger charge is 2.28. The van der Waals surface area contributed by atoms with E-state index >= 15 is 0 Å². The summed E-state index contributed by atoms with van der Waals surface area (Å²) in [5.41, 5.74) is 3.97. The van der Waals surface area contributed by atoms with Crippen molar-refractivity contribution < 1.29 is 13.2 Å². The van der Waals surface area contributed by atoms with Crippen LogP contribution in [-0.4, -0.2) is 33.2 Å². The summed E-state index contributed by atoms with van der Waals surface area (Å²) in [6.45, 7) is 6.09. The number of benzene rings is 2. The highest BCUT2D eigenvalue weighted by molar-refractivity contribution is 7.92. The number of amides is 1. The number of carbonyl (C=O) groups excluding carboxylic acids is 1. The Hall–Kier alpha value is -2.34. The van der Waals surface area contributed by atoms with E-state index in [0.717, 1.165) is 24.7 Å². The lowest BCUT2D eigenvalue weighted by Gasteiger charge is -2.28. The van der Waals surface area contributed by atoms with Gasteiger partial charge in [-0.1, -0.05) is 47.5 Å². The SMILES string of the molecule is Cc1ccc(N([C@@H](C)C(=O)NCCCc2cccc(C)c2)S(C)(=O)=O)cc1. The molecule has 0 saturated heterocycles. The van der Waals surface area contributed by atoms with Crippen LogP contribution in [0.25, 0.3) is 0 Å². The van der Waals surface area contributed by atoms with Gasteiger partial charge in [-0.2, -0.15) is 0 Å². The molecule has 1 atom stereocenters. The third-order valence-corrected chi connectivity index (χ3v) is 5.64. The van der Waals surface area contributed by atoms with Gasteiger partial charge in [-0.15, -0.1) is 0 Å². The molecule has 0 fully saturated rings. The number of sulfonamides is 1. The molecule has 0 saturated carbocycles. The maximum absolute atomic E-state index is 12.5. The number of nitrogens with zero attached hydrogens (tertiary/aromatic N) is 1. The Kier molecular flexibility index (Phi) is 7.02. The molecule has 1 N–H and O–H groups in total. The molecule has 27 heavy (non-hydrogen) atoms. The van der Waals surface area contributed by atoms with Crippen molar-refractivity contribution in [3.63, 3.8) is 0 Å². The molecule has 2 aromatic rings. The van der Waals surface area contributed by atoms with Crippen LogP contribution in [0.2, 0.25) is 0 Å². The average Bonchev–Trinajstić information content (AvgIpc) is 2.59. The van der Waals surface area contributed by atoms with Crippen LogP contribution in [0.4, 0.5) is 5.69 Å². The molecule has 0 aliphatic carbocycles. The Bertz CT molecular complexity index is 877. The van der Waals surface area contributed by atoms with Gasteiger partial charge in [0.15, 0.2) is 0 Å². The van der Waals surface area contributed by atoms with Crippen molar-refractivity contribution in [2.24, 2.45) is 0 Å². The first-order chi connectivity index (χ1) is 12.7. The Balaban J connectivity index is 1.97. The summed E-state index contributed by atoms with van der Waals surface area (Å²) in [5.74, 6) is -0.301. The summed E-state index contributed by atoms with van der Waals surface area (Å²) in [4.78, 5) is 12.5. The normalized spacial score (nSPS) is 12.4. The van der Waals surface area contributed by atoms with Gasteiger partial charge >= 0.3 is 0 Å². The molecule has 5 nitrogen and oxygen atoms in total. The van der Waals surface area contributed by atoms with E-state index in [-0.39, 0.29) is 5.91 Å². The van der Waals surface area contributed by atoms with Crippen molar-refractivity contribution in [2.75, 3.05) is 17.1 Å². The van der Waals surface area contributed by atoms with Crippen molar-refractivity contribution >= 4 is 21.6 Å². The van der Waals surface area contributed by atoms with E-state index in [9.17, 15) is 13.2 Å². The molecule has 2 aromatic carbocycles. The van der Waals surface area contributed by atoms with Crippen LogP contribution >= 0.6 is 0 Å². The Morgan fingerprint density at radius 3 is 2.33 bits per heavy atom. The first-order valence-electron chi connectivity index (χ1n) is 9.08. The number of nitrogens with one attached hydrogen (secondary N) is 1. The monoisotopic (exact) mass is 388 g/mol. The predicted molar refractivity (Wildman–Crippen MR) is 110 cm³/mol. The fourth-order valence-corrected chi connectivity index (χ4v) is 4.19. The van der Waals surface area contributed by atoms with Crippen LogP contribution < -0.4 is 9.62 Å². The molecule has 0 aliphatic heterocycles. The van der Waals surface area contributed by atoms with Gasteiger partial charge < -0.3 is 5.32 Å². The molecule has 1 amide bonds. The second kappa shape index (κ2) is 9.04. The molecule has 0 aliphatic rings. The van der Waals surface area contributed by atoms with Gasteiger partial charge in [-0.25, -0.2) is 8.42 Å². The van der Waals surface area contributed by atoms with Crippen molar-refractivity contribution in [1.29, 1.82) is 0 Å². The molecule has 0 heterocycles. The van der Waals surface area contributed by atoms with E-state index in [1.165, 1.54) is 15.4 Å². The molecular formula is C21H28N2O3S. The summed E-state index contributed by atoms with van der Waals surface area (Å²) in [6, 6.07) is 14.6. The number of anilines is 1. The van der Waals surface area contributed by atoms with Crippen molar-refractivity contribution in [3.8, 4) is 0 Å². The number of rotatable bonds is 8. The maximum atomic E-state index is 12.5. The minimum absolute atomic E-state index is 0.301. The van der Waals surface area contributed by atoms with E-state index in [1.807, 2.05) is 25.1 Å². The van der Waals surface area contributed by atoms with Crippen molar-refractivity contribution in [3.05, 3.63) is 65.2 Å². The first-order valence-corrected chi connectivity index (χ1v) is 10.9. The zero-order valence-electron chi connectivity index (χ0n) is 16.4. The lowest BCUT2D eigenvalue weighted by molar-refractivity contribution is -0.121. The Labute approximate surface area is 162 Å². The van der Waals surface area contributed by atoms with E-state index in [2.05, 4.69) is 30.4 Å². The molecule has 6 heteroatoms. The smallest absolute Gasteiger partial charge is 0.243 e. The maximum Gasteiger partial charge on any atom is 0.243 e.